The highest BCUT2D eigenvalue weighted by Crippen LogP contribution is 2.28. The molecule has 1 aromatic rings. The van der Waals surface area contributed by atoms with Gasteiger partial charge in [0.1, 0.15) is 0 Å². The molecule has 0 radical (unpaired) electrons. The van der Waals surface area contributed by atoms with E-state index in [-0.39, 0.29) is 11.2 Å². The van der Waals surface area contributed by atoms with E-state index < -0.39 is 23.3 Å². The van der Waals surface area contributed by atoms with Crippen LogP contribution in [0.5, 0.6) is 5.75 Å². The Labute approximate surface area is 80.9 Å². The highest BCUT2D eigenvalue weighted by molar-refractivity contribution is 9.10. The molecule has 0 atom stereocenters. The fraction of sp³-hybridized carbons (Fsp3) is 0.286. The molecular weight excluding hydrogens is 251 g/mol. The number of nitrogens with zero attached hydrogens (tertiary/aromatic N) is 1. The summed E-state index contributed by atoms with van der Waals surface area (Å²) in [7, 11) is 0. The molecule has 6 heteroatoms. The summed E-state index contributed by atoms with van der Waals surface area (Å²) >= 11 is 2.75. The summed E-state index contributed by atoms with van der Waals surface area (Å²) in [6, 6.07) is 0. The molecule has 1 heterocycles. The van der Waals surface area contributed by atoms with Gasteiger partial charge in [-0.15, -0.1) is 0 Å². The molecule has 0 unspecified atom stereocenters. The summed E-state index contributed by atoms with van der Waals surface area (Å²) in [6.07, 6.45) is 0. The van der Waals surface area contributed by atoms with Gasteiger partial charge in [0, 0.05) is 0 Å². The molecule has 0 amide bonds. The molecule has 1 rings (SSSR count). The summed E-state index contributed by atoms with van der Waals surface area (Å²) < 4.78 is 42.5. The normalized spacial score (nSPS) is 10.2. The molecule has 0 aromatic carbocycles. The van der Waals surface area contributed by atoms with Crippen LogP contribution in [-0.2, 0) is 0 Å². The zero-order valence-electron chi connectivity index (χ0n) is 6.57. The van der Waals surface area contributed by atoms with E-state index in [1.807, 2.05) is 0 Å². The van der Waals surface area contributed by atoms with Gasteiger partial charge in [-0.25, -0.2) is 4.98 Å². The second-order valence-electron chi connectivity index (χ2n) is 2.08. The van der Waals surface area contributed by atoms with Crippen molar-refractivity contribution in [1.82, 2.24) is 4.98 Å². The zero-order valence-corrected chi connectivity index (χ0v) is 8.16. The lowest BCUT2D eigenvalue weighted by molar-refractivity contribution is 0.301. The van der Waals surface area contributed by atoms with E-state index in [9.17, 15) is 13.2 Å². The number of hydrogen-bond donors (Lipinski definition) is 0. The molecular formula is C7H5BrF3NO. The first kappa shape index (κ1) is 10.3. The molecule has 0 spiro atoms. The van der Waals surface area contributed by atoms with Crippen LogP contribution in [0, 0.1) is 17.6 Å². The van der Waals surface area contributed by atoms with Crippen LogP contribution in [0.2, 0.25) is 0 Å². The number of hydrogen-bond acceptors (Lipinski definition) is 2. The molecule has 0 bridgehead atoms. The molecule has 0 N–H and O–H groups in total. The first-order chi connectivity index (χ1) is 6.07. The highest BCUT2D eigenvalue weighted by Gasteiger charge is 2.19. The standard InChI is InChI=1S/C7H5BrF3NO/c1-2-13-5-3(9)4(10)7(11)12-6(5)8/h2H2,1H3. The van der Waals surface area contributed by atoms with Gasteiger partial charge in [-0.05, 0) is 22.9 Å². The number of ether oxygens (including phenoxy) is 1. The van der Waals surface area contributed by atoms with E-state index >= 15 is 0 Å². The fourth-order valence-corrected chi connectivity index (χ4v) is 1.18. The van der Waals surface area contributed by atoms with E-state index in [2.05, 4.69) is 20.9 Å². The maximum Gasteiger partial charge on any atom is 0.253 e. The van der Waals surface area contributed by atoms with E-state index in [0.717, 1.165) is 0 Å². The van der Waals surface area contributed by atoms with Crippen LogP contribution in [-0.4, -0.2) is 11.6 Å². The van der Waals surface area contributed by atoms with Gasteiger partial charge in [0.15, 0.2) is 10.4 Å². The lowest BCUT2D eigenvalue weighted by Gasteiger charge is -2.06. The molecule has 13 heavy (non-hydrogen) atoms. The molecule has 0 saturated heterocycles. The van der Waals surface area contributed by atoms with Gasteiger partial charge < -0.3 is 4.74 Å². The minimum Gasteiger partial charge on any atom is -0.488 e. The van der Waals surface area contributed by atoms with Crippen molar-refractivity contribution < 1.29 is 17.9 Å². The van der Waals surface area contributed by atoms with E-state index in [1.54, 1.807) is 6.92 Å². The van der Waals surface area contributed by atoms with Gasteiger partial charge in [-0.1, -0.05) is 0 Å². The van der Waals surface area contributed by atoms with Crippen LogP contribution in [0.4, 0.5) is 13.2 Å². The van der Waals surface area contributed by atoms with Crippen molar-refractivity contribution in [3.8, 4) is 5.75 Å². The average Bonchev–Trinajstić information content (AvgIpc) is 2.09. The lowest BCUT2D eigenvalue weighted by Crippen LogP contribution is -2.03. The topological polar surface area (TPSA) is 22.1 Å². The second-order valence-corrected chi connectivity index (χ2v) is 2.83. The SMILES string of the molecule is CCOc1c(Br)nc(F)c(F)c1F. The molecule has 0 aliphatic carbocycles. The maximum atomic E-state index is 12.9. The Balaban J connectivity index is 3.26. The number of pyridine rings is 1. The third-order valence-corrected chi connectivity index (χ3v) is 1.78. The van der Waals surface area contributed by atoms with Crippen LogP contribution in [0.15, 0.2) is 4.60 Å². The molecule has 1 aromatic heterocycles. The van der Waals surface area contributed by atoms with E-state index in [1.165, 1.54) is 0 Å². The van der Waals surface area contributed by atoms with Crippen LogP contribution in [0.25, 0.3) is 0 Å². The van der Waals surface area contributed by atoms with Gasteiger partial charge in [0.2, 0.25) is 11.6 Å². The number of aromatic nitrogens is 1. The minimum absolute atomic E-state index is 0.141. The Morgan fingerprint density at radius 2 is 1.92 bits per heavy atom. The van der Waals surface area contributed by atoms with Gasteiger partial charge in [0.05, 0.1) is 6.61 Å². The van der Waals surface area contributed by atoms with Crippen LogP contribution in [0.3, 0.4) is 0 Å². The molecule has 0 aliphatic heterocycles. The van der Waals surface area contributed by atoms with E-state index in [0.29, 0.717) is 0 Å². The van der Waals surface area contributed by atoms with Crippen molar-refractivity contribution in [2.45, 2.75) is 6.92 Å². The van der Waals surface area contributed by atoms with E-state index in [4.69, 9.17) is 4.74 Å². The Morgan fingerprint density at radius 1 is 1.31 bits per heavy atom. The average molecular weight is 256 g/mol. The maximum absolute atomic E-state index is 12.9. The Morgan fingerprint density at radius 3 is 2.46 bits per heavy atom. The zero-order chi connectivity index (χ0) is 10.0. The number of rotatable bonds is 2. The summed E-state index contributed by atoms with van der Waals surface area (Å²) in [5, 5.41) is 0. The first-order valence-corrected chi connectivity index (χ1v) is 4.20. The third-order valence-electron chi connectivity index (χ3n) is 1.25. The summed E-state index contributed by atoms with van der Waals surface area (Å²) in [4.78, 5) is 3.06. The molecule has 72 valence electrons. The van der Waals surface area contributed by atoms with Crippen molar-refractivity contribution in [3.63, 3.8) is 0 Å². The van der Waals surface area contributed by atoms with Gasteiger partial charge in [-0.3, -0.25) is 0 Å². The monoisotopic (exact) mass is 255 g/mol. The largest absolute Gasteiger partial charge is 0.488 e. The smallest absolute Gasteiger partial charge is 0.253 e. The minimum atomic E-state index is -1.63. The predicted molar refractivity (Wildman–Crippen MR) is 43.0 cm³/mol. The fourth-order valence-electron chi connectivity index (χ4n) is 0.734. The van der Waals surface area contributed by atoms with Gasteiger partial charge in [0.25, 0.3) is 5.95 Å². The van der Waals surface area contributed by atoms with Gasteiger partial charge >= 0.3 is 0 Å². The second kappa shape index (κ2) is 3.95. The van der Waals surface area contributed by atoms with Crippen molar-refractivity contribution in [1.29, 1.82) is 0 Å². The Bertz CT molecular complexity index is 332. The van der Waals surface area contributed by atoms with Crippen molar-refractivity contribution in [2.24, 2.45) is 0 Å². The molecule has 0 saturated carbocycles. The number of halogens is 4. The Kier molecular flexibility index (Phi) is 3.13. The van der Waals surface area contributed by atoms with Crippen LogP contribution >= 0.6 is 15.9 Å². The lowest BCUT2D eigenvalue weighted by atomic mass is 10.4. The molecule has 0 aliphatic rings. The van der Waals surface area contributed by atoms with Crippen LogP contribution < -0.4 is 4.74 Å². The third kappa shape index (κ3) is 1.93. The summed E-state index contributed by atoms with van der Waals surface area (Å²) in [5.41, 5.74) is 0. The summed E-state index contributed by atoms with van der Waals surface area (Å²) in [6.45, 7) is 1.73. The van der Waals surface area contributed by atoms with Crippen molar-refractivity contribution >= 4 is 15.9 Å². The predicted octanol–water partition coefficient (Wildman–Crippen LogP) is 2.66. The van der Waals surface area contributed by atoms with Gasteiger partial charge in [-0.2, -0.15) is 13.2 Å². The Hall–Kier alpha value is -0.780. The molecule has 2 nitrogen and oxygen atoms in total. The van der Waals surface area contributed by atoms with Crippen molar-refractivity contribution in [2.75, 3.05) is 6.61 Å². The highest BCUT2D eigenvalue weighted by atomic mass is 79.9. The van der Waals surface area contributed by atoms with Crippen LogP contribution in [0.1, 0.15) is 6.92 Å². The quantitative estimate of drug-likeness (QED) is 0.759. The summed E-state index contributed by atoms with van der Waals surface area (Å²) in [5.74, 6) is -4.91. The van der Waals surface area contributed by atoms with Crippen molar-refractivity contribution in [3.05, 3.63) is 22.2 Å². The first-order valence-electron chi connectivity index (χ1n) is 3.40. The molecule has 0 fully saturated rings.